The summed E-state index contributed by atoms with van der Waals surface area (Å²) in [4.78, 5) is 18.9. The average Bonchev–Trinajstić information content (AvgIpc) is 1.13. The summed E-state index contributed by atoms with van der Waals surface area (Å²) in [7, 11) is -23.1. The van der Waals surface area contributed by atoms with Crippen LogP contribution >= 0.6 is 47.3 Å². The van der Waals surface area contributed by atoms with E-state index in [1.807, 2.05) is 121 Å². The summed E-state index contributed by atoms with van der Waals surface area (Å²) in [6.07, 6.45) is 0. The minimum Gasteiger partial charge on any atom is -2.00 e. The number of carbonyl (C=O) groups excluding carboxylic acids is 2. The molecule has 0 aliphatic heterocycles. The Morgan fingerprint density at radius 3 is 0.294 bits per heavy atom. The molecule has 0 amide bonds. The summed E-state index contributed by atoms with van der Waals surface area (Å²) in [5.74, 6) is 0.333. The molecule has 0 aromatic heterocycles. The molecule has 0 atom stereocenters. The van der Waals surface area contributed by atoms with Crippen LogP contribution in [0.1, 0.15) is 27.7 Å². The third kappa shape index (κ3) is 64.0. The van der Waals surface area contributed by atoms with Crippen LogP contribution in [-0.2, 0) is 145 Å². The van der Waals surface area contributed by atoms with Crippen molar-refractivity contribution in [2.45, 2.75) is 27.7 Å². The average molecular weight is 2420 g/mol. The SMILES string of the molecule is CC(C)=O.CC(C)=O.F[P-](F)(F)(F)(F)F.F[P-](F)(F)(F)(F)F.[Rh+3].[Rh+3].[S-2].[S-2].[S-2].[S-2].[W].[W].c1cc[cH-]c1.c1cc[cH-]c1.c1cc[cH-]c1.c1cc[cH-]c1.c1ccc(P(c2ccccc2)c2ccccc2)cc1.c1ccc(P(c2ccccc2)c2ccccc2)cc1.c1ccc(P(c2ccccc2)c2ccccc2)cc1.c1ccc(P(c2ccccc2)c2ccccc2)cc1. The second kappa shape index (κ2) is 65.7. The number of benzene rings is 12. The largest absolute Gasteiger partial charge is 3.00 e. The molecular formula is C98H92F12O2P6Rh2S4W2-8. The Kier molecular flexibility index (Phi) is 65.4. The Hall–Kier alpha value is -6.86. The molecule has 0 spiro atoms. The van der Waals surface area contributed by atoms with E-state index in [9.17, 15) is 60.0 Å². The van der Waals surface area contributed by atoms with Gasteiger partial charge < -0.3 is 63.6 Å². The first kappa shape index (κ1) is 125. The normalized spacial score (nSPS) is 10.6. The van der Waals surface area contributed by atoms with Crippen molar-refractivity contribution in [1.82, 2.24) is 0 Å². The van der Waals surface area contributed by atoms with Crippen molar-refractivity contribution in [3.8, 4) is 0 Å². The molecule has 0 heterocycles. The van der Waals surface area contributed by atoms with Gasteiger partial charge in [-0.2, -0.15) is 72.8 Å². The Morgan fingerprint density at radius 2 is 0.246 bits per heavy atom. The van der Waals surface area contributed by atoms with E-state index in [0.29, 0.717) is 0 Å². The van der Waals surface area contributed by atoms with Gasteiger partial charge in [0.05, 0.1) is 0 Å². The first-order chi connectivity index (χ1) is 56.2. The molecule has 28 heteroatoms. The first-order valence-electron chi connectivity index (χ1n) is 36.7. The molecule has 2 nitrogen and oxygen atoms in total. The van der Waals surface area contributed by atoms with Crippen LogP contribution in [0.2, 0.25) is 0 Å². The molecule has 0 unspecified atom stereocenters. The first-order valence-corrected chi connectivity index (χ1v) is 46.1. The fraction of sp³-hybridized carbons (Fsp3) is 0.0408. The zero-order valence-electron chi connectivity index (χ0n) is 68.3. The molecular weight excluding hydrogens is 2320 g/mol. The van der Waals surface area contributed by atoms with Gasteiger partial charge in [0.25, 0.3) is 0 Å². The molecule has 0 saturated heterocycles. The van der Waals surface area contributed by atoms with Crippen LogP contribution in [0.25, 0.3) is 0 Å². The van der Waals surface area contributed by atoms with Crippen LogP contribution < -0.4 is 63.7 Å². The molecule has 16 aromatic carbocycles. The number of carbonyl (C=O) groups is 2. The maximum atomic E-state index is 9.87. The summed E-state index contributed by atoms with van der Waals surface area (Å²) in [5.41, 5.74) is 0. The summed E-state index contributed by atoms with van der Waals surface area (Å²) in [6, 6.07) is 169. The molecule has 0 aliphatic rings. The van der Waals surface area contributed by atoms with Crippen molar-refractivity contribution in [2.24, 2.45) is 0 Å². The fourth-order valence-electron chi connectivity index (χ4n) is 10.00. The van der Waals surface area contributed by atoms with Crippen LogP contribution in [0.3, 0.4) is 0 Å². The maximum Gasteiger partial charge on any atom is 3.00 e. The van der Waals surface area contributed by atoms with Crippen LogP contribution in [0.15, 0.2) is 485 Å². The van der Waals surface area contributed by atoms with Crippen LogP contribution in [0, 0.1) is 0 Å². The van der Waals surface area contributed by atoms with Crippen molar-refractivity contribution in [3.05, 3.63) is 485 Å². The van der Waals surface area contributed by atoms with Gasteiger partial charge in [-0.15, -0.1) is 0 Å². The minimum atomic E-state index is -10.7. The third-order valence-corrected chi connectivity index (χ3v) is 24.2. The Bertz CT molecular complexity index is 4070. The predicted octanol–water partition coefficient (Wildman–Crippen LogP) is 27.3. The summed E-state index contributed by atoms with van der Waals surface area (Å²) < 4.78 is 118. The molecule has 0 saturated carbocycles. The summed E-state index contributed by atoms with van der Waals surface area (Å²) >= 11 is 0. The van der Waals surface area contributed by atoms with E-state index in [1.54, 1.807) is 0 Å². The van der Waals surface area contributed by atoms with E-state index >= 15 is 0 Å². The summed E-state index contributed by atoms with van der Waals surface area (Å²) in [5, 5.41) is 16.8. The second-order valence-corrected chi connectivity index (χ2v) is 37.7. The van der Waals surface area contributed by atoms with E-state index in [2.05, 4.69) is 364 Å². The van der Waals surface area contributed by atoms with E-state index in [0.717, 1.165) is 0 Å². The summed E-state index contributed by atoms with van der Waals surface area (Å²) in [6.45, 7) is 6.11. The molecule has 0 N–H and O–H groups in total. The maximum absolute atomic E-state index is 10.7. The molecule has 0 bridgehead atoms. The van der Waals surface area contributed by atoms with Crippen LogP contribution in [0.4, 0.5) is 50.4 Å². The predicted molar refractivity (Wildman–Crippen MR) is 518 cm³/mol. The molecule has 0 radical (unpaired) electrons. The fourth-order valence-corrected chi connectivity index (χ4v) is 19.2. The van der Waals surface area contributed by atoms with E-state index in [4.69, 9.17) is 0 Å². The van der Waals surface area contributed by atoms with Crippen molar-refractivity contribution >= 4 is 177 Å². The van der Waals surface area contributed by atoms with Gasteiger partial charge in [-0.05, 0) is 123 Å². The second-order valence-electron chi connectivity index (χ2n) is 25.0. The van der Waals surface area contributed by atoms with Crippen molar-refractivity contribution in [1.29, 1.82) is 0 Å². The van der Waals surface area contributed by atoms with Crippen molar-refractivity contribution < 1.29 is 141 Å². The number of Topliss-reactive ketones (excluding diaryl/α,β-unsaturated/α-hetero) is 2. The molecule has 16 aromatic rings. The van der Waals surface area contributed by atoms with Crippen LogP contribution in [-0.4, -0.2) is 11.6 Å². The van der Waals surface area contributed by atoms with Gasteiger partial charge in [-0.3, -0.25) is 0 Å². The molecule has 0 fully saturated rings. The zero-order valence-corrected chi connectivity index (χ0v) is 86.1. The number of halogens is 12. The number of hydrogen-bond acceptors (Lipinski definition) is 2. The number of hydrogen-bond donors (Lipinski definition) is 0. The monoisotopic (exact) mass is 2420 g/mol. The van der Waals surface area contributed by atoms with Gasteiger partial charge in [-0.1, -0.05) is 364 Å². The Morgan fingerprint density at radius 1 is 0.183 bits per heavy atom. The number of ketones is 2. The van der Waals surface area contributed by atoms with Gasteiger partial charge in [0, 0.05) is 42.1 Å². The smallest absolute Gasteiger partial charge is 2.00 e. The molecule has 16 rings (SSSR count). The topological polar surface area (TPSA) is 34.1 Å². The third-order valence-electron chi connectivity index (χ3n) is 14.4. The van der Waals surface area contributed by atoms with Gasteiger partial charge in [0.15, 0.2) is 0 Å². The van der Waals surface area contributed by atoms with E-state index < -0.39 is 47.3 Å². The Labute approximate surface area is 822 Å². The van der Waals surface area contributed by atoms with Gasteiger partial charge in [0.2, 0.25) is 0 Å². The van der Waals surface area contributed by atoms with Crippen molar-refractivity contribution in [2.75, 3.05) is 0 Å². The minimum absolute atomic E-state index is 0. The quantitative estimate of drug-likeness (QED) is 0.0529. The van der Waals surface area contributed by atoms with Gasteiger partial charge >= 0.3 is 105 Å². The molecule has 0 aliphatic carbocycles. The van der Waals surface area contributed by atoms with Gasteiger partial charge in [0.1, 0.15) is 11.6 Å². The molecule has 672 valence electrons. The van der Waals surface area contributed by atoms with Crippen LogP contribution in [0.5, 0.6) is 0 Å². The molecule has 126 heavy (non-hydrogen) atoms. The number of rotatable bonds is 12. The standard InChI is InChI=1S/4C18H15P.4C5H5.2C3H6O.2F6P.2Rh.4S.2W/c4*1-4-10-16(11-5-1)19(17-12-6-2-7-13-17)18-14-8-3-9-15-18;4*1-2-4-5-3-1;2*1-3(2)4;2*1-7(2,3,4,5)6;;;;;;;;/h4*1-15H;4*1-5H;2*1-2H3;;;;;;;;;;/q;;;;4*-1;;;2*-1;2*+3;4*-2;;. The van der Waals surface area contributed by atoms with Crippen molar-refractivity contribution in [3.63, 3.8) is 0 Å². The zero-order chi connectivity index (χ0) is 85.8. The van der Waals surface area contributed by atoms with Gasteiger partial charge in [-0.25, -0.2) is 48.5 Å². The Balaban J connectivity index is -0.000000671. The van der Waals surface area contributed by atoms with E-state index in [-0.39, 0.29) is 147 Å². The van der Waals surface area contributed by atoms with E-state index in [1.165, 1.54) is 91.3 Å².